The number of nitrogens with one attached hydrogen (secondary N) is 1. The zero-order valence-electron chi connectivity index (χ0n) is 19.5. The Morgan fingerprint density at radius 2 is 1.59 bits per heavy atom. The lowest BCUT2D eigenvalue weighted by atomic mass is 10.2. The molecule has 1 N–H and O–H groups in total. The summed E-state index contributed by atoms with van der Waals surface area (Å²) in [6, 6.07) is 16.6. The maximum atomic E-state index is 12.4. The van der Waals surface area contributed by atoms with E-state index in [0.717, 1.165) is 30.9 Å². The molecule has 0 spiro atoms. The molecule has 0 aliphatic heterocycles. The topological polar surface area (TPSA) is 71.1 Å². The molecule has 0 aliphatic rings. The standard InChI is InChI=1S/C25H35N3O4/c1-5-23(25(30)31-6-2)28(4)18-10-17-27(3)19-24(29)26-20-13-15-22(16-14-20)32-21-11-8-7-9-12-21/h7-9,11-16,23H,5-6,10,17-19H2,1-4H3,(H,26,29). The number of carbonyl (C=O) groups excluding carboxylic acids is 2. The van der Waals surface area contributed by atoms with Gasteiger partial charge in [0, 0.05) is 5.69 Å². The number of likely N-dealkylation sites (N-methyl/N-ethyl adjacent to an activating group) is 2. The van der Waals surface area contributed by atoms with Crippen LogP contribution in [0.4, 0.5) is 5.69 Å². The molecule has 0 heterocycles. The van der Waals surface area contributed by atoms with Crippen LogP contribution in [0.1, 0.15) is 26.7 Å². The van der Waals surface area contributed by atoms with Crippen molar-refractivity contribution in [1.82, 2.24) is 9.80 Å². The Morgan fingerprint density at radius 1 is 0.938 bits per heavy atom. The van der Waals surface area contributed by atoms with Crippen molar-refractivity contribution >= 4 is 17.6 Å². The number of esters is 1. The molecule has 2 aromatic rings. The van der Waals surface area contributed by atoms with Crippen LogP contribution in [0.3, 0.4) is 0 Å². The Morgan fingerprint density at radius 3 is 2.22 bits per heavy atom. The van der Waals surface area contributed by atoms with Crippen molar-refractivity contribution in [3.8, 4) is 11.5 Å². The fraction of sp³-hybridized carbons (Fsp3) is 0.440. The summed E-state index contributed by atoms with van der Waals surface area (Å²) >= 11 is 0. The first-order chi connectivity index (χ1) is 15.4. The third kappa shape index (κ3) is 8.69. The third-order valence-electron chi connectivity index (χ3n) is 5.06. The molecule has 7 heteroatoms. The van der Waals surface area contributed by atoms with Gasteiger partial charge in [-0.15, -0.1) is 0 Å². The molecule has 0 saturated heterocycles. The Bertz CT molecular complexity index is 827. The van der Waals surface area contributed by atoms with Gasteiger partial charge in [-0.25, -0.2) is 0 Å². The van der Waals surface area contributed by atoms with Gasteiger partial charge in [-0.1, -0.05) is 25.1 Å². The monoisotopic (exact) mass is 441 g/mol. The molecule has 1 unspecified atom stereocenters. The van der Waals surface area contributed by atoms with Crippen molar-refractivity contribution in [2.24, 2.45) is 0 Å². The summed E-state index contributed by atoms with van der Waals surface area (Å²) in [5.74, 6) is 1.23. The van der Waals surface area contributed by atoms with E-state index in [1.807, 2.05) is 92.3 Å². The lowest BCUT2D eigenvalue weighted by Gasteiger charge is -2.26. The van der Waals surface area contributed by atoms with E-state index in [2.05, 4.69) is 5.32 Å². The number of ether oxygens (including phenoxy) is 2. The maximum absolute atomic E-state index is 12.4. The maximum Gasteiger partial charge on any atom is 0.323 e. The zero-order valence-corrected chi connectivity index (χ0v) is 19.5. The van der Waals surface area contributed by atoms with Crippen molar-refractivity contribution in [1.29, 1.82) is 0 Å². The molecular formula is C25H35N3O4. The van der Waals surface area contributed by atoms with E-state index in [-0.39, 0.29) is 17.9 Å². The number of rotatable bonds is 13. The first-order valence-corrected chi connectivity index (χ1v) is 11.1. The van der Waals surface area contributed by atoms with Crippen molar-refractivity contribution in [3.63, 3.8) is 0 Å². The van der Waals surface area contributed by atoms with E-state index in [4.69, 9.17) is 9.47 Å². The van der Waals surface area contributed by atoms with Crippen molar-refractivity contribution in [3.05, 3.63) is 54.6 Å². The lowest BCUT2D eigenvalue weighted by molar-refractivity contribution is -0.149. The van der Waals surface area contributed by atoms with Crippen molar-refractivity contribution in [2.75, 3.05) is 45.7 Å². The van der Waals surface area contributed by atoms with Gasteiger partial charge < -0.3 is 14.8 Å². The summed E-state index contributed by atoms with van der Waals surface area (Å²) in [6.45, 7) is 5.99. The van der Waals surface area contributed by atoms with Crippen LogP contribution < -0.4 is 10.1 Å². The number of anilines is 1. The van der Waals surface area contributed by atoms with E-state index < -0.39 is 0 Å². The molecule has 32 heavy (non-hydrogen) atoms. The third-order valence-corrected chi connectivity index (χ3v) is 5.06. The van der Waals surface area contributed by atoms with Crippen LogP contribution in [0.15, 0.2) is 54.6 Å². The largest absolute Gasteiger partial charge is 0.465 e. The molecule has 1 amide bonds. The molecular weight excluding hydrogens is 406 g/mol. The van der Waals surface area contributed by atoms with Gasteiger partial charge in [0.25, 0.3) is 0 Å². The molecule has 7 nitrogen and oxygen atoms in total. The van der Waals surface area contributed by atoms with Crippen LogP contribution in [0, 0.1) is 0 Å². The summed E-state index contributed by atoms with van der Waals surface area (Å²) in [7, 11) is 3.85. The number of amides is 1. The molecule has 174 valence electrons. The van der Waals surface area contributed by atoms with Gasteiger partial charge in [-0.2, -0.15) is 0 Å². The molecule has 2 rings (SSSR count). The summed E-state index contributed by atoms with van der Waals surface area (Å²) in [6.07, 6.45) is 1.56. The predicted octanol–water partition coefficient (Wildman–Crippen LogP) is 4.01. The minimum atomic E-state index is -0.225. The number of hydrogen-bond donors (Lipinski definition) is 1. The smallest absolute Gasteiger partial charge is 0.323 e. The normalized spacial score (nSPS) is 11.9. The van der Waals surface area contributed by atoms with Gasteiger partial charge in [0.2, 0.25) is 5.91 Å². The second-order valence-corrected chi connectivity index (χ2v) is 7.74. The Hall–Kier alpha value is -2.90. The number of para-hydroxylation sites is 1. The highest BCUT2D eigenvalue weighted by Crippen LogP contribution is 2.22. The second kappa shape index (κ2) is 13.5. The van der Waals surface area contributed by atoms with Gasteiger partial charge in [0.15, 0.2) is 0 Å². The molecule has 0 fully saturated rings. The fourth-order valence-electron chi connectivity index (χ4n) is 3.40. The van der Waals surface area contributed by atoms with Crippen LogP contribution in [0.25, 0.3) is 0 Å². The molecule has 0 radical (unpaired) electrons. The van der Waals surface area contributed by atoms with Crippen LogP contribution in [-0.2, 0) is 14.3 Å². The average molecular weight is 442 g/mol. The minimum absolute atomic E-state index is 0.0736. The van der Waals surface area contributed by atoms with E-state index >= 15 is 0 Å². The lowest BCUT2D eigenvalue weighted by Crippen LogP contribution is -2.40. The quantitative estimate of drug-likeness (QED) is 0.474. The molecule has 1 atom stereocenters. The minimum Gasteiger partial charge on any atom is -0.465 e. The number of carbonyl (C=O) groups is 2. The number of nitrogens with zero attached hydrogens (tertiary/aromatic N) is 2. The SMILES string of the molecule is CCOC(=O)C(CC)N(C)CCCN(C)CC(=O)Nc1ccc(Oc2ccccc2)cc1. The Labute approximate surface area is 191 Å². The van der Waals surface area contributed by atoms with Crippen molar-refractivity contribution in [2.45, 2.75) is 32.7 Å². The zero-order chi connectivity index (χ0) is 23.3. The highest BCUT2D eigenvalue weighted by atomic mass is 16.5. The number of benzene rings is 2. The van der Waals surface area contributed by atoms with Crippen molar-refractivity contribution < 1.29 is 19.1 Å². The van der Waals surface area contributed by atoms with Gasteiger partial charge in [-0.05, 0) is 83.3 Å². The van der Waals surface area contributed by atoms with Crippen LogP contribution in [0.2, 0.25) is 0 Å². The van der Waals surface area contributed by atoms with Gasteiger partial charge >= 0.3 is 5.97 Å². The number of hydrogen-bond acceptors (Lipinski definition) is 6. The predicted molar refractivity (Wildman–Crippen MR) is 127 cm³/mol. The molecule has 2 aromatic carbocycles. The second-order valence-electron chi connectivity index (χ2n) is 7.74. The molecule has 0 bridgehead atoms. The first-order valence-electron chi connectivity index (χ1n) is 11.1. The fourth-order valence-corrected chi connectivity index (χ4v) is 3.40. The molecule has 0 saturated carbocycles. The Kier molecular flexibility index (Phi) is 10.7. The van der Waals surface area contributed by atoms with E-state index in [0.29, 0.717) is 25.3 Å². The van der Waals surface area contributed by atoms with Gasteiger partial charge in [0.05, 0.1) is 13.2 Å². The van der Waals surface area contributed by atoms with E-state index in [1.165, 1.54) is 0 Å². The summed E-state index contributed by atoms with van der Waals surface area (Å²) in [5.41, 5.74) is 0.726. The average Bonchev–Trinajstić information content (AvgIpc) is 2.76. The van der Waals surface area contributed by atoms with E-state index in [9.17, 15) is 9.59 Å². The van der Waals surface area contributed by atoms with Crippen LogP contribution in [0.5, 0.6) is 11.5 Å². The highest BCUT2D eigenvalue weighted by molar-refractivity contribution is 5.92. The van der Waals surface area contributed by atoms with Gasteiger partial charge in [-0.3, -0.25) is 19.4 Å². The first kappa shape index (κ1) is 25.4. The summed E-state index contributed by atoms with van der Waals surface area (Å²) < 4.78 is 10.9. The summed E-state index contributed by atoms with van der Waals surface area (Å²) in [5, 5.41) is 2.91. The van der Waals surface area contributed by atoms with E-state index in [1.54, 1.807) is 0 Å². The van der Waals surface area contributed by atoms with Crippen LogP contribution >= 0.6 is 0 Å². The molecule has 0 aromatic heterocycles. The highest BCUT2D eigenvalue weighted by Gasteiger charge is 2.22. The Balaban J connectivity index is 1.71. The summed E-state index contributed by atoms with van der Waals surface area (Å²) in [4.78, 5) is 28.4. The van der Waals surface area contributed by atoms with Gasteiger partial charge in [0.1, 0.15) is 17.5 Å². The molecule has 0 aliphatic carbocycles. The van der Waals surface area contributed by atoms with Crippen LogP contribution in [-0.4, -0.2) is 68.1 Å².